The van der Waals surface area contributed by atoms with Crippen molar-refractivity contribution in [3.63, 3.8) is 0 Å². The van der Waals surface area contributed by atoms with E-state index in [1.54, 1.807) is 24.3 Å². The summed E-state index contributed by atoms with van der Waals surface area (Å²) in [5.74, 6) is -4.40. The summed E-state index contributed by atoms with van der Waals surface area (Å²) < 4.78 is 0. The third kappa shape index (κ3) is 7.73. The van der Waals surface area contributed by atoms with Gasteiger partial charge in [-0.2, -0.15) is 0 Å². The molecule has 7 N–H and O–H groups in total. The number of amides is 2. The van der Waals surface area contributed by atoms with Crippen LogP contribution in [0, 0.1) is 0 Å². The molecule has 3 atom stereocenters. The summed E-state index contributed by atoms with van der Waals surface area (Å²) >= 11 is 0. The Morgan fingerprint density at radius 3 is 1.91 bits per heavy atom. The van der Waals surface area contributed by atoms with Crippen molar-refractivity contribution >= 4 is 23.8 Å². The smallest absolute Gasteiger partial charge is 0.326 e. The van der Waals surface area contributed by atoms with E-state index in [-0.39, 0.29) is 18.6 Å². The molecule has 2 aromatic carbocycles. The predicted molar refractivity (Wildman–Crippen MR) is 114 cm³/mol. The molecular formula is C22H25N3O7. The van der Waals surface area contributed by atoms with Gasteiger partial charge in [0.2, 0.25) is 11.8 Å². The molecule has 0 spiro atoms. The Labute approximate surface area is 184 Å². The first-order chi connectivity index (χ1) is 15.2. The van der Waals surface area contributed by atoms with Crippen molar-refractivity contribution in [1.29, 1.82) is 0 Å². The van der Waals surface area contributed by atoms with E-state index in [2.05, 4.69) is 10.6 Å². The van der Waals surface area contributed by atoms with Crippen LogP contribution in [0.5, 0.6) is 5.75 Å². The average Bonchev–Trinajstić information content (AvgIpc) is 2.74. The van der Waals surface area contributed by atoms with Crippen LogP contribution < -0.4 is 16.4 Å². The number of carboxylic acid groups (broad SMARTS) is 2. The van der Waals surface area contributed by atoms with Crippen LogP contribution in [-0.4, -0.2) is 57.2 Å². The highest BCUT2D eigenvalue weighted by molar-refractivity contribution is 5.93. The number of aromatic hydroxyl groups is 1. The number of carbonyl (C=O) groups excluding carboxylic acids is 2. The van der Waals surface area contributed by atoms with Crippen LogP contribution >= 0.6 is 0 Å². The number of carboxylic acids is 2. The van der Waals surface area contributed by atoms with Crippen molar-refractivity contribution in [3.8, 4) is 5.75 Å². The summed E-state index contributed by atoms with van der Waals surface area (Å²) in [5, 5.41) is 32.2. The Bertz CT molecular complexity index is 948. The zero-order chi connectivity index (χ0) is 23.7. The van der Waals surface area contributed by atoms with Gasteiger partial charge in [0.15, 0.2) is 0 Å². The summed E-state index contributed by atoms with van der Waals surface area (Å²) in [7, 11) is 0. The number of nitrogens with two attached hydrogens (primary N) is 1. The van der Waals surface area contributed by atoms with Crippen LogP contribution in [0.3, 0.4) is 0 Å². The highest BCUT2D eigenvalue weighted by Crippen LogP contribution is 2.12. The second-order valence-corrected chi connectivity index (χ2v) is 7.23. The van der Waals surface area contributed by atoms with Gasteiger partial charge in [-0.25, -0.2) is 4.79 Å². The average molecular weight is 443 g/mol. The normalized spacial score (nSPS) is 13.4. The summed E-state index contributed by atoms with van der Waals surface area (Å²) in [6.07, 6.45) is -0.638. The number of phenols is 1. The van der Waals surface area contributed by atoms with Crippen LogP contribution in [0.25, 0.3) is 0 Å². The monoisotopic (exact) mass is 443 g/mol. The lowest BCUT2D eigenvalue weighted by molar-refractivity contribution is -0.147. The minimum atomic E-state index is -1.67. The molecule has 0 aliphatic heterocycles. The molecule has 2 rings (SSSR count). The van der Waals surface area contributed by atoms with Crippen molar-refractivity contribution in [2.75, 3.05) is 0 Å². The zero-order valence-electron chi connectivity index (χ0n) is 17.1. The molecule has 2 aromatic rings. The minimum absolute atomic E-state index is 0.0102. The Morgan fingerprint density at radius 2 is 1.34 bits per heavy atom. The fourth-order valence-corrected chi connectivity index (χ4v) is 2.96. The van der Waals surface area contributed by atoms with Crippen molar-refractivity contribution in [2.24, 2.45) is 5.73 Å². The van der Waals surface area contributed by atoms with E-state index in [4.69, 9.17) is 10.8 Å². The molecule has 0 heterocycles. The number of phenolic OH excluding ortho intramolecular Hbond substituents is 1. The maximum Gasteiger partial charge on any atom is 0.326 e. The molecule has 170 valence electrons. The Hall–Kier alpha value is -3.92. The first kappa shape index (κ1) is 24.4. The molecule has 0 aliphatic carbocycles. The summed E-state index contributed by atoms with van der Waals surface area (Å²) in [6.45, 7) is 0. The molecule has 0 saturated carbocycles. The lowest BCUT2D eigenvalue weighted by atomic mass is 10.0. The fourth-order valence-electron chi connectivity index (χ4n) is 2.96. The molecule has 10 heteroatoms. The number of nitrogens with one attached hydrogen (secondary N) is 2. The van der Waals surface area contributed by atoms with Gasteiger partial charge in [-0.1, -0.05) is 42.5 Å². The maximum absolute atomic E-state index is 12.8. The molecule has 0 aromatic heterocycles. The van der Waals surface area contributed by atoms with E-state index in [9.17, 15) is 29.4 Å². The predicted octanol–water partition coefficient (Wildman–Crippen LogP) is 0.0336. The molecule has 2 amide bonds. The fraction of sp³-hybridized carbons (Fsp3) is 0.273. The largest absolute Gasteiger partial charge is 0.508 e. The molecule has 0 fully saturated rings. The van der Waals surface area contributed by atoms with Crippen LogP contribution in [0.4, 0.5) is 0 Å². The van der Waals surface area contributed by atoms with Gasteiger partial charge >= 0.3 is 11.9 Å². The highest BCUT2D eigenvalue weighted by Gasteiger charge is 2.29. The molecule has 0 bridgehead atoms. The van der Waals surface area contributed by atoms with Crippen LogP contribution in [0.2, 0.25) is 0 Å². The third-order valence-electron chi connectivity index (χ3n) is 4.64. The molecular weight excluding hydrogens is 418 g/mol. The SMILES string of the molecule is NC(Cc1ccccc1)C(=O)NC(Cc1ccc(O)cc1)C(=O)NC(CC(=O)O)C(=O)O. The standard InChI is InChI=1S/C22H25N3O7/c23-16(10-13-4-2-1-3-5-13)20(29)24-17(11-14-6-8-15(26)9-7-14)21(30)25-18(22(31)32)12-19(27)28/h1-9,16-18,26H,10-12,23H2,(H,24,29)(H,25,30)(H,27,28)(H,31,32). The highest BCUT2D eigenvalue weighted by atomic mass is 16.4. The second-order valence-electron chi connectivity index (χ2n) is 7.23. The van der Waals surface area contributed by atoms with E-state index in [1.807, 2.05) is 6.07 Å². The third-order valence-corrected chi connectivity index (χ3v) is 4.64. The summed E-state index contributed by atoms with van der Waals surface area (Å²) in [5.41, 5.74) is 7.37. The molecule has 32 heavy (non-hydrogen) atoms. The van der Waals surface area contributed by atoms with E-state index >= 15 is 0 Å². The van der Waals surface area contributed by atoms with Gasteiger partial charge in [0.25, 0.3) is 0 Å². The lowest BCUT2D eigenvalue weighted by Gasteiger charge is -2.22. The first-order valence-corrected chi connectivity index (χ1v) is 9.78. The zero-order valence-corrected chi connectivity index (χ0v) is 17.1. The van der Waals surface area contributed by atoms with Gasteiger partial charge in [0.05, 0.1) is 12.5 Å². The maximum atomic E-state index is 12.8. The van der Waals surface area contributed by atoms with Gasteiger partial charge < -0.3 is 31.7 Å². The number of rotatable bonds is 11. The van der Waals surface area contributed by atoms with Crippen molar-refractivity contribution in [1.82, 2.24) is 10.6 Å². The first-order valence-electron chi connectivity index (χ1n) is 9.78. The van der Waals surface area contributed by atoms with Gasteiger partial charge in [0.1, 0.15) is 17.8 Å². The van der Waals surface area contributed by atoms with Gasteiger partial charge in [-0.05, 0) is 29.7 Å². The number of benzene rings is 2. The van der Waals surface area contributed by atoms with E-state index in [0.29, 0.717) is 5.56 Å². The topological polar surface area (TPSA) is 179 Å². The van der Waals surface area contributed by atoms with Crippen molar-refractivity contribution < 1.29 is 34.5 Å². The van der Waals surface area contributed by atoms with Crippen molar-refractivity contribution in [3.05, 3.63) is 65.7 Å². The Balaban J connectivity index is 2.15. The Morgan fingerprint density at radius 1 is 0.781 bits per heavy atom. The van der Waals surface area contributed by atoms with E-state index in [1.165, 1.54) is 24.3 Å². The molecule has 0 aliphatic rings. The molecule has 0 radical (unpaired) electrons. The molecule has 10 nitrogen and oxygen atoms in total. The van der Waals surface area contributed by atoms with Gasteiger partial charge in [0, 0.05) is 6.42 Å². The number of aliphatic carboxylic acids is 2. The molecule has 3 unspecified atom stereocenters. The number of hydrogen-bond acceptors (Lipinski definition) is 6. The molecule has 0 saturated heterocycles. The van der Waals surface area contributed by atoms with Crippen LogP contribution in [-0.2, 0) is 32.0 Å². The summed E-state index contributed by atoms with van der Waals surface area (Å²) in [4.78, 5) is 47.6. The van der Waals surface area contributed by atoms with Crippen LogP contribution in [0.15, 0.2) is 54.6 Å². The second kappa shape index (κ2) is 11.5. The minimum Gasteiger partial charge on any atom is -0.508 e. The lowest BCUT2D eigenvalue weighted by Crippen LogP contribution is -2.55. The Kier molecular flexibility index (Phi) is 8.72. The number of hydrogen-bond donors (Lipinski definition) is 6. The van der Waals surface area contributed by atoms with Crippen molar-refractivity contribution in [2.45, 2.75) is 37.4 Å². The van der Waals surface area contributed by atoms with Gasteiger partial charge in [-0.15, -0.1) is 0 Å². The van der Waals surface area contributed by atoms with Gasteiger partial charge in [-0.3, -0.25) is 14.4 Å². The van der Waals surface area contributed by atoms with Crippen LogP contribution in [0.1, 0.15) is 17.5 Å². The van der Waals surface area contributed by atoms with E-state index in [0.717, 1.165) is 5.56 Å². The number of carbonyl (C=O) groups is 4. The summed E-state index contributed by atoms with van der Waals surface area (Å²) in [6, 6.07) is 11.1. The van der Waals surface area contributed by atoms with E-state index < -0.39 is 48.3 Å². The quantitative estimate of drug-likeness (QED) is 0.281.